The van der Waals surface area contributed by atoms with Crippen molar-refractivity contribution in [2.75, 3.05) is 5.32 Å². The number of benzene rings is 1. The summed E-state index contributed by atoms with van der Waals surface area (Å²) in [5.74, 6) is -1.25. The molecule has 0 aliphatic heterocycles. The van der Waals surface area contributed by atoms with Crippen LogP contribution in [0, 0.1) is 12.8 Å². The number of hydrogen-bond donors (Lipinski definition) is 2. The van der Waals surface area contributed by atoms with Crippen molar-refractivity contribution >= 4 is 23.3 Å². The van der Waals surface area contributed by atoms with E-state index in [1.54, 1.807) is 18.2 Å². The summed E-state index contributed by atoms with van der Waals surface area (Å²) in [4.78, 5) is 11.9. The molecule has 2 N–H and O–H groups in total. The zero-order valence-electron chi connectivity index (χ0n) is 12.1. The molecule has 0 unspecified atom stereocenters. The molecule has 0 heterocycles. The van der Waals surface area contributed by atoms with Gasteiger partial charge in [-0.15, -0.1) is 0 Å². The van der Waals surface area contributed by atoms with Crippen LogP contribution in [-0.4, -0.2) is 18.2 Å². The number of rotatable bonds is 2. The molecule has 1 aromatic carbocycles. The molecule has 0 saturated heterocycles. The quantitative estimate of drug-likeness (QED) is 0.794. The van der Waals surface area contributed by atoms with E-state index >= 15 is 0 Å². The summed E-state index contributed by atoms with van der Waals surface area (Å²) < 4.78 is 37.8. The van der Waals surface area contributed by atoms with Crippen LogP contribution in [0.1, 0.15) is 31.2 Å². The van der Waals surface area contributed by atoms with E-state index in [2.05, 4.69) is 10.6 Å². The molecule has 1 aliphatic rings. The van der Waals surface area contributed by atoms with Crippen LogP contribution in [0.3, 0.4) is 0 Å². The molecule has 2 amide bonds. The van der Waals surface area contributed by atoms with Crippen molar-refractivity contribution in [1.29, 1.82) is 0 Å². The molecule has 1 saturated carbocycles. The minimum atomic E-state index is -4.13. The Kier molecular flexibility index (Phi) is 5.21. The monoisotopic (exact) mass is 334 g/mol. The highest BCUT2D eigenvalue weighted by Gasteiger charge is 2.41. The summed E-state index contributed by atoms with van der Waals surface area (Å²) >= 11 is 5.87. The Bertz CT molecular complexity index is 540. The standard InChI is InChI=1S/C15H18ClF3N2O/c1-9-2-5-11(16)8-13(9)21-14(22)20-12-6-3-10(4-7-12)15(17,18)19/h2,5,8,10,12H,3-4,6-7H2,1H3,(H2,20,21,22). The Morgan fingerprint density at radius 1 is 1.23 bits per heavy atom. The number of amides is 2. The van der Waals surface area contributed by atoms with Crippen LogP contribution in [0.25, 0.3) is 0 Å². The van der Waals surface area contributed by atoms with Gasteiger partial charge in [-0.05, 0) is 50.3 Å². The maximum atomic E-state index is 12.6. The average molecular weight is 335 g/mol. The lowest BCUT2D eigenvalue weighted by Crippen LogP contribution is -2.42. The van der Waals surface area contributed by atoms with Gasteiger partial charge < -0.3 is 10.6 Å². The van der Waals surface area contributed by atoms with Crippen molar-refractivity contribution in [2.24, 2.45) is 5.92 Å². The van der Waals surface area contributed by atoms with E-state index in [9.17, 15) is 18.0 Å². The second-order valence-corrected chi connectivity index (χ2v) is 6.08. The average Bonchev–Trinajstić information content (AvgIpc) is 2.42. The minimum absolute atomic E-state index is 0.0602. The maximum absolute atomic E-state index is 12.6. The van der Waals surface area contributed by atoms with E-state index in [0.29, 0.717) is 23.6 Å². The van der Waals surface area contributed by atoms with Crippen LogP contribution in [-0.2, 0) is 0 Å². The summed E-state index contributed by atoms with van der Waals surface area (Å²) in [7, 11) is 0. The molecular formula is C15H18ClF3N2O. The van der Waals surface area contributed by atoms with Crippen molar-refractivity contribution in [3.8, 4) is 0 Å². The van der Waals surface area contributed by atoms with Gasteiger partial charge >= 0.3 is 12.2 Å². The van der Waals surface area contributed by atoms with Crippen molar-refractivity contribution in [3.63, 3.8) is 0 Å². The zero-order chi connectivity index (χ0) is 16.3. The van der Waals surface area contributed by atoms with Crippen LogP contribution in [0.15, 0.2) is 18.2 Å². The lowest BCUT2D eigenvalue weighted by Gasteiger charge is -2.30. The van der Waals surface area contributed by atoms with Crippen molar-refractivity contribution in [2.45, 2.75) is 44.8 Å². The normalized spacial score (nSPS) is 22.2. The Labute approximate surface area is 132 Å². The number of halogens is 4. The van der Waals surface area contributed by atoms with Gasteiger partial charge in [-0.1, -0.05) is 17.7 Å². The number of carbonyl (C=O) groups excluding carboxylic acids is 1. The highest BCUT2D eigenvalue weighted by Crippen LogP contribution is 2.37. The van der Waals surface area contributed by atoms with E-state index in [-0.39, 0.29) is 18.9 Å². The van der Waals surface area contributed by atoms with Gasteiger partial charge in [0.1, 0.15) is 0 Å². The molecule has 0 atom stereocenters. The predicted molar refractivity (Wildman–Crippen MR) is 80.1 cm³/mol. The fourth-order valence-corrected chi connectivity index (χ4v) is 2.81. The van der Waals surface area contributed by atoms with Crippen LogP contribution in [0.5, 0.6) is 0 Å². The molecule has 1 fully saturated rings. The lowest BCUT2D eigenvalue weighted by molar-refractivity contribution is -0.182. The molecule has 0 radical (unpaired) electrons. The summed E-state index contributed by atoms with van der Waals surface area (Å²) in [6, 6.07) is 4.50. The third kappa shape index (κ3) is 4.53. The first-order valence-electron chi connectivity index (χ1n) is 7.16. The number of nitrogens with one attached hydrogen (secondary N) is 2. The molecule has 122 valence electrons. The van der Waals surface area contributed by atoms with Crippen molar-refractivity contribution in [1.82, 2.24) is 5.32 Å². The van der Waals surface area contributed by atoms with Gasteiger partial charge in [-0.3, -0.25) is 0 Å². The number of carbonyl (C=O) groups is 1. The second kappa shape index (κ2) is 6.77. The van der Waals surface area contributed by atoms with E-state index in [4.69, 9.17) is 11.6 Å². The molecule has 0 spiro atoms. The van der Waals surface area contributed by atoms with Gasteiger partial charge in [0.25, 0.3) is 0 Å². The van der Waals surface area contributed by atoms with E-state index < -0.39 is 18.1 Å². The fourth-order valence-electron chi connectivity index (χ4n) is 2.64. The van der Waals surface area contributed by atoms with Gasteiger partial charge in [0.05, 0.1) is 5.92 Å². The number of anilines is 1. The topological polar surface area (TPSA) is 41.1 Å². The van der Waals surface area contributed by atoms with Gasteiger partial charge in [0.2, 0.25) is 0 Å². The second-order valence-electron chi connectivity index (χ2n) is 5.65. The van der Waals surface area contributed by atoms with Gasteiger partial charge in [-0.25, -0.2) is 4.79 Å². The molecule has 22 heavy (non-hydrogen) atoms. The Balaban J connectivity index is 1.85. The molecule has 7 heteroatoms. The Hall–Kier alpha value is -1.43. The fraction of sp³-hybridized carbons (Fsp3) is 0.533. The summed E-state index contributed by atoms with van der Waals surface area (Å²) in [6.07, 6.45) is -3.33. The molecule has 2 rings (SSSR count). The van der Waals surface area contributed by atoms with Gasteiger partial charge in [0.15, 0.2) is 0 Å². The molecule has 1 aliphatic carbocycles. The largest absolute Gasteiger partial charge is 0.391 e. The SMILES string of the molecule is Cc1ccc(Cl)cc1NC(=O)NC1CCC(C(F)(F)F)CC1. The summed E-state index contributed by atoms with van der Waals surface area (Å²) in [5, 5.41) is 5.91. The Morgan fingerprint density at radius 3 is 2.45 bits per heavy atom. The number of aryl methyl sites for hydroxylation is 1. The van der Waals surface area contributed by atoms with E-state index in [1.165, 1.54) is 0 Å². The molecular weight excluding hydrogens is 317 g/mol. The lowest BCUT2D eigenvalue weighted by atomic mass is 9.86. The summed E-state index contributed by atoms with van der Waals surface area (Å²) in [5.41, 5.74) is 1.45. The van der Waals surface area contributed by atoms with E-state index in [0.717, 1.165) is 5.56 Å². The van der Waals surface area contributed by atoms with E-state index in [1.807, 2.05) is 6.92 Å². The molecule has 1 aromatic rings. The first-order valence-corrected chi connectivity index (χ1v) is 7.54. The highest BCUT2D eigenvalue weighted by molar-refractivity contribution is 6.31. The smallest absolute Gasteiger partial charge is 0.335 e. The van der Waals surface area contributed by atoms with Crippen molar-refractivity contribution < 1.29 is 18.0 Å². The third-order valence-corrected chi connectivity index (χ3v) is 4.21. The molecule has 0 bridgehead atoms. The highest BCUT2D eigenvalue weighted by atomic mass is 35.5. The van der Waals surface area contributed by atoms with Crippen LogP contribution >= 0.6 is 11.6 Å². The molecule has 0 aromatic heterocycles. The predicted octanol–water partition coefficient (Wildman–Crippen LogP) is 4.89. The van der Waals surface area contributed by atoms with Crippen LogP contribution in [0.2, 0.25) is 5.02 Å². The third-order valence-electron chi connectivity index (χ3n) is 3.97. The molecule has 3 nitrogen and oxygen atoms in total. The van der Waals surface area contributed by atoms with Gasteiger partial charge in [0, 0.05) is 16.8 Å². The van der Waals surface area contributed by atoms with Crippen LogP contribution in [0.4, 0.5) is 23.7 Å². The number of urea groups is 1. The van der Waals surface area contributed by atoms with Crippen molar-refractivity contribution in [3.05, 3.63) is 28.8 Å². The Morgan fingerprint density at radius 2 is 1.86 bits per heavy atom. The minimum Gasteiger partial charge on any atom is -0.335 e. The van der Waals surface area contributed by atoms with Crippen LogP contribution < -0.4 is 10.6 Å². The zero-order valence-corrected chi connectivity index (χ0v) is 12.9. The maximum Gasteiger partial charge on any atom is 0.391 e. The summed E-state index contributed by atoms with van der Waals surface area (Å²) in [6.45, 7) is 1.83. The number of hydrogen-bond acceptors (Lipinski definition) is 1. The van der Waals surface area contributed by atoms with Gasteiger partial charge in [-0.2, -0.15) is 13.2 Å². The first-order chi connectivity index (χ1) is 10.3. The number of alkyl halides is 3. The first kappa shape index (κ1) is 16.9.